The van der Waals surface area contributed by atoms with E-state index in [4.69, 9.17) is 9.47 Å². The number of rotatable bonds is 3. The molecule has 5 heteroatoms. The summed E-state index contributed by atoms with van der Waals surface area (Å²) < 4.78 is 12.0. The van der Waals surface area contributed by atoms with Gasteiger partial charge in [0.25, 0.3) is 0 Å². The summed E-state index contributed by atoms with van der Waals surface area (Å²) in [7, 11) is 0. The molecule has 0 radical (unpaired) electrons. The zero-order valence-electron chi connectivity index (χ0n) is 14.9. The van der Waals surface area contributed by atoms with Crippen molar-refractivity contribution in [3.63, 3.8) is 0 Å². The van der Waals surface area contributed by atoms with Gasteiger partial charge in [0.05, 0.1) is 11.1 Å². The maximum Gasteiger partial charge on any atom is 0.344 e. The highest BCUT2D eigenvalue weighted by atomic mass is 79.9. The average Bonchev–Trinajstić information content (AvgIpc) is 3.01. The fraction of sp³-hybridized carbons (Fsp3) is 0.0435. The number of Topliss-reactive ketones (excluding diaryl/α,β-unsaturated/α-hetero) is 1. The Bertz CT molecular complexity index is 1120. The fourth-order valence-corrected chi connectivity index (χ4v) is 3.41. The molecular weight excluding hydrogens is 420 g/mol. The molecule has 0 N–H and O–H groups in total. The van der Waals surface area contributed by atoms with E-state index in [9.17, 15) is 9.59 Å². The predicted octanol–water partition coefficient (Wildman–Crippen LogP) is 5.59. The molecule has 0 aliphatic carbocycles. The number of carbonyl (C=O) groups is 2. The number of fused-ring (bicyclic) bond motifs is 1. The second-order valence-electron chi connectivity index (χ2n) is 6.29. The summed E-state index contributed by atoms with van der Waals surface area (Å²) in [4.78, 5) is 25.1. The Kier molecular flexibility index (Phi) is 4.84. The third kappa shape index (κ3) is 3.37. The van der Waals surface area contributed by atoms with Gasteiger partial charge < -0.3 is 9.47 Å². The minimum atomic E-state index is -0.486. The maximum absolute atomic E-state index is 12.6. The van der Waals surface area contributed by atoms with Gasteiger partial charge in [-0.1, -0.05) is 42.5 Å². The van der Waals surface area contributed by atoms with E-state index in [1.165, 1.54) is 0 Å². The largest absolute Gasteiger partial charge is 0.452 e. The number of esters is 1. The van der Waals surface area contributed by atoms with E-state index < -0.39 is 5.97 Å². The summed E-state index contributed by atoms with van der Waals surface area (Å²) in [5, 5.41) is 0. The van der Waals surface area contributed by atoms with Gasteiger partial charge in [-0.05, 0) is 58.8 Å². The molecule has 0 aromatic heterocycles. The molecule has 4 nitrogen and oxygen atoms in total. The zero-order chi connectivity index (χ0) is 19.7. The van der Waals surface area contributed by atoms with Crippen LogP contribution in [0.25, 0.3) is 6.08 Å². The smallest absolute Gasteiger partial charge is 0.344 e. The van der Waals surface area contributed by atoms with Crippen molar-refractivity contribution in [1.29, 1.82) is 0 Å². The van der Waals surface area contributed by atoms with Crippen molar-refractivity contribution >= 4 is 33.8 Å². The average molecular weight is 435 g/mol. The van der Waals surface area contributed by atoms with E-state index in [1.807, 2.05) is 36.4 Å². The summed E-state index contributed by atoms with van der Waals surface area (Å²) in [5.41, 5.74) is 2.35. The van der Waals surface area contributed by atoms with E-state index in [0.29, 0.717) is 32.7 Å². The van der Waals surface area contributed by atoms with E-state index in [0.717, 1.165) is 5.56 Å². The first-order chi connectivity index (χ1) is 13.5. The molecule has 0 fully saturated rings. The molecule has 0 unspecified atom stereocenters. The highest BCUT2D eigenvalue weighted by molar-refractivity contribution is 9.10. The molecule has 0 bridgehead atoms. The predicted molar refractivity (Wildman–Crippen MR) is 110 cm³/mol. The molecule has 28 heavy (non-hydrogen) atoms. The third-order valence-electron chi connectivity index (χ3n) is 4.43. The molecule has 138 valence electrons. The van der Waals surface area contributed by atoms with Gasteiger partial charge in [-0.3, -0.25) is 4.79 Å². The van der Waals surface area contributed by atoms with Crippen molar-refractivity contribution in [3.05, 3.63) is 99.2 Å². The Balaban J connectivity index is 1.63. The number of hydrogen-bond donors (Lipinski definition) is 0. The molecule has 3 aromatic carbocycles. The van der Waals surface area contributed by atoms with Gasteiger partial charge >= 0.3 is 5.97 Å². The van der Waals surface area contributed by atoms with Crippen LogP contribution in [0.2, 0.25) is 0 Å². The van der Waals surface area contributed by atoms with E-state index in [-0.39, 0.29) is 11.5 Å². The third-order valence-corrected chi connectivity index (χ3v) is 5.12. The van der Waals surface area contributed by atoms with Gasteiger partial charge in [0.2, 0.25) is 5.78 Å². The molecule has 0 atom stereocenters. The Hall–Kier alpha value is -3.18. The van der Waals surface area contributed by atoms with Gasteiger partial charge in [0, 0.05) is 10.0 Å². The van der Waals surface area contributed by atoms with Gasteiger partial charge in [-0.2, -0.15) is 0 Å². The fourth-order valence-electron chi connectivity index (χ4n) is 2.96. The van der Waals surface area contributed by atoms with Crippen LogP contribution in [0.1, 0.15) is 31.8 Å². The summed E-state index contributed by atoms with van der Waals surface area (Å²) in [6, 6.07) is 19.8. The van der Waals surface area contributed by atoms with Crippen molar-refractivity contribution in [2.24, 2.45) is 0 Å². The Labute approximate surface area is 170 Å². The minimum absolute atomic E-state index is 0.189. The molecule has 0 saturated heterocycles. The highest BCUT2D eigenvalue weighted by Gasteiger charge is 2.30. The van der Waals surface area contributed by atoms with Gasteiger partial charge in [-0.15, -0.1) is 0 Å². The molecular formula is C23H15BrO4. The van der Waals surface area contributed by atoms with Crippen LogP contribution >= 0.6 is 15.9 Å². The normalized spacial score (nSPS) is 13.9. The van der Waals surface area contributed by atoms with Gasteiger partial charge in [-0.25, -0.2) is 4.79 Å². The van der Waals surface area contributed by atoms with Crippen LogP contribution in [0.3, 0.4) is 0 Å². The standard InChI is InChI=1S/C23H15BrO4/c1-14-19(28-23(26)16-9-5-6-10-18(16)24)12-11-17-21(25)20(27-22(14)17)13-15-7-3-2-4-8-15/h2-13H,1H3/b20-13-. The molecule has 1 aliphatic heterocycles. The van der Waals surface area contributed by atoms with Crippen LogP contribution < -0.4 is 9.47 Å². The number of hydrogen-bond acceptors (Lipinski definition) is 4. The topological polar surface area (TPSA) is 52.6 Å². The van der Waals surface area contributed by atoms with E-state index >= 15 is 0 Å². The number of allylic oxidation sites excluding steroid dienone is 1. The van der Waals surface area contributed by atoms with Crippen molar-refractivity contribution in [2.75, 3.05) is 0 Å². The van der Waals surface area contributed by atoms with Crippen LogP contribution in [0.5, 0.6) is 11.5 Å². The Morgan fingerprint density at radius 2 is 1.71 bits per heavy atom. The lowest BCUT2D eigenvalue weighted by molar-refractivity contribution is 0.0732. The molecule has 3 aromatic rings. The molecule has 1 aliphatic rings. The van der Waals surface area contributed by atoms with Crippen molar-refractivity contribution in [3.8, 4) is 11.5 Å². The lowest BCUT2D eigenvalue weighted by Crippen LogP contribution is -2.10. The maximum atomic E-state index is 12.6. The first-order valence-electron chi connectivity index (χ1n) is 8.64. The molecule has 4 rings (SSSR count). The van der Waals surface area contributed by atoms with Crippen molar-refractivity contribution in [1.82, 2.24) is 0 Å². The molecule has 0 amide bonds. The monoisotopic (exact) mass is 434 g/mol. The van der Waals surface area contributed by atoms with Crippen LogP contribution in [0, 0.1) is 6.92 Å². The first kappa shape index (κ1) is 18.2. The van der Waals surface area contributed by atoms with Crippen LogP contribution in [-0.2, 0) is 0 Å². The quantitative estimate of drug-likeness (QED) is 0.306. The lowest BCUT2D eigenvalue weighted by atomic mass is 10.1. The van der Waals surface area contributed by atoms with Crippen LogP contribution in [0.4, 0.5) is 0 Å². The number of halogens is 1. The molecule has 1 heterocycles. The van der Waals surface area contributed by atoms with Gasteiger partial charge in [0.15, 0.2) is 5.76 Å². The Morgan fingerprint density at radius 3 is 2.46 bits per heavy atom. The van der Waals surface area contributed by atoms with E-state index in [1.54, 1.807) is 43.3 Å². The number of carbonyl (C=O) groups excluding carboxylic acids is 2. The summed E-state index contributed by atoms with van der Waals surface area (Å²) in [6.45, 7) is 1.76. The first-order valence-corrected chi connectivity index (χ1v) is 9.43. The number of ketones is 1. The lowest BCUT2D eigenvalue weighted by Gasteiger charge is -2.10. The zero-order valence-corrected chi connectivity index (χ0v) is 16.5. The van der Waals surface area contributed by atoms with Gasteiger partial charge in [0.1, 0.15) is 11.5 Å². The summed E-state index contributed by atoms with van der Waals surface area (Å²) >= 11 is 3.35. The number of benzene rings is 3. The van der Waals surface area contributed by atoms with Crippen molar-refractivity contribution in [2.45, 2.75) is 6.92 Å². The molecule has 0 spiro atoms. The van der Waals surface area contributed by atoms with Crippen LogP contribution in [-0.4, -0.2) is 11.8 Å². The second-order valence-corrected chi connectivity index (χ2v) is 7.14. The second kappa shape index (κ2) is 7.44. The summed E-state index contributed by atoms with van der Waals surface area (Å²) in [6.07, 6.45) is 1.70. The van der Waals surface area contributed by atoms with Crippen LogP contribution in [0.15, 0.2) is 77.0 Å². The minimum Gasteiger partial charge on any atom is -0.452 e. The van der Waals surface area contributed by atoms with E-state index in [2.05, 4.69) is 15.9 Å². The number of ether oxygens (including phenoxy) is 2. The summed E-state index contributed by atoms with van der Waals surface area (Å²) in [5.74, 6) is 0.349. The highest BCUT2D eigenvalue weighted by Crippen LogP contribution is 2.39. The molecule has 0 saturated carbocycles. The van der Waals surface area contributed by atoms with Crippen molar-refractivity contribution < 1.29 is 19.1 Å². The SMILES string of the molecule is Cc1c(OC(=O)c2ccccc2Br)ccc2c1O/C(=C\c1ccccc1)C2=O. The Morgan fingerprint density at radius 1 is 1.00 bits per heavy atom.